The van der Waals surface area contributed by atoms with Crippen molar-refractivity contribution in [1.29, 1.82) is 0 Å². The Morgan fingerprint density at radius 2 is 1.76 bits per heavy atom. The second kappa shape index (κ2) is 6.62. The summed E-state index contributed by atoms with van der Waals surface area (Å²) in [4.78, 5) is 0. The number of rotatable bonds is 4. The summed E-state index contributed by atoms with van der Waals surface area (Å²) in [6.07, 6.45) is 1.02. The maximum Gasteiger partial charge on any atom is 0.127 e. The van der Waals surface area contributed by atoms with Gasteiger partial charge >= 0.3 is 0 Å². The number of benzene rings is 2. The molecule has 17 heavy (non-hydrogen) atoms. The summed E-state index contributed by atoms with van der Waals surface area (Å²) in [5, 5.41) is 2.34. The minimum absolute atomic E-state index is 0. The minimum Gasteiger partial charge on any atom is -0.493 e. The fourth-order valence-electron chi connectivity index (χ4n) is 1.85. The number of fused-ring (bicyclic) bond motifs is 1. The van der Waals surface area contributed by atoms with E-state index in [1.54, 1.807) is 0 Å². The van der Waals surface area contributed by atoms with Gasteiger partial charge in [0.2, 0.25) is 0 Å². The van der Waals surface area contributed by atoms with Crippen LogP contribution in [0.4, 0.5) is 0 Å². The van der Waals surface area contributed by atoms with Gasteiger partial charge in [0.1, 0.15) is 5.75 Å². The molecule has 0 aliphatic carbocycles. The molecule has 3 heteroatoms. The second-order valence-electron chi connectivity index (χ2n) is 3.82. The van der Waals surface area contributed by atoms with E-state index < -0.39 is 0 Å². The Morgan fingerprint density at radius 3 is 2.41 bits per heavy atom. The summed E-state index contributed by atoms with van der Waals surface area (Å²) in [7, 11) is 0. The molecule has 2 nitrogen and oxygen atoms in total. The first-order valence-corrected chi connectivity index (χ1v) is 5.70. The zero-order valence-corrected chi connectivity index (χ0v) is 11.7. The molecule has 0 saturated carbocycles. The molecule has 0 radical (unpaired) electrons. The molecule has 0 amide bonds. The molecule has 0 unspecified atom stereocenters. The molecule has 0 atom stereocenters. The predicted octanol–water partition coefficient (Wildman–Crippen LogP) is 3.67. The smallest absolute Gasteiger partial charge is 0.127 e. The van der Waals surface area contributed by atoms with Gasteiger partial charge in [-0.15, -0.1) is 17.0 Å². The molecule has 0 fully saturated rings. The Bertz CT molecular complexity index is 485. The van der Waals surface area contributed by atoms with Crippen LogP contribution in [0.1, 0.15) is 18.9 Å². The van der Waals surface area contributed by atoms with Crippen LogP contribution in [0, 0.1) is 0 Å². The number of hydrogen-bond acceptors (Lipinski definition) is 2. The second-order valence-corrected chi connectivity index (χ2v) is 3.82. The number of nitrogens with two attached hydrogens (primary N) is 1. The van der Waals surface area contributed by atoms with Crippen LogP contribution < -0.4 is 10.5 Å². The highest BCUT2D eigenvalue weighted by atomic mass is 79.9. The van der Waals surface area contributed by atoms with Crippen LogP contribution in [-0.2, 0) is 6.54 Å². The molecule has 0 aliphatic heterocycles. The lowest BCUT2D eigenvalue weighted by Gasteiger charge is -2.11. The van der Waals surface area contributed by atoms with Gasteiger partial charge in [0.05, 0.1) is 6.61 Å². The summed E-state index contributed by atoms with van der Waals surface area (Å²) in [6, 6.07) is 12.3. The Labute approximate surface area is 113 Å². The van der Waals surface area contributed by atoms with E-state index in [4.69, 9.17) is 10.5 Å². The van der Waals surface area contributed by atoms with Gasteiger partial charge < -0.3 is 10.5 Å². The SMILES string of the molecule is Br.CCCOc1ccc(CN)c2ccccc12. The standard InChI is InChI=1S/C14H17NO.BrH/c1-2-9-16-14-8-7-11(10-15)12-5-3-4-6-13(12)14;/h3-8H,2,9-10,15H2,1H3;1H. The highest BCUT2D eigenvalue weighted by Crippen LogP contribution is 2.28. The first-order valence-electron chi connectivity index (χ1n) is 5.70. The lowest BCUT2D eigenvalue weighted by Crippen LogP contribution is -2.00. The molecule has 2 rings (SSSR count). The fourth-order valence-corrected chi connectivity index (χ4v) is 1.85. The lowest BCUT2D eigenvalue weighted by molar-refractivity contribution is 0.321. The third kappa shape index (κ3) is 2.99. The molecular formula is C14H18BrNO. The van der Waals surface area contributed by atoms with Gasteiger partial charge in [-0.1, -0.05) is 37.3 Å². The summed E-state index contributed by atoms with van der Waals surface area (Å²) < 4.78 is 5.73. The topological polar surface area (TPSA) is 35.2 Å². The lowest BCUT2D eigenvalue weighted by atomic mass is 10.0. The van der Waals surface area contributed by atoms with E-state index in [0.29, 0.717) is 6.54 Å². The van der Waals surface area contributed by atoms with Gasteiger partial charge in [-0.2, -0.15) is 0 Å². The summed E-state index contributed by atoms with van der Waals surface area (Å²) in [5.41, 5.74) is 6.89. The molecule has 0 heterocycles. The molecule has 0 aromatic heterocycles. The van der Waals surface area contributed by atoms with Crippen molar-refractivity contribution in [3.63, 3.8) is 0 Å². The molecule has 2 aromatic carbocycles. The quantitative estimate of drug-likeness (QED) is 0.934. The van der Waals surface area contributed by atoms with Crippen LogP contribution in [0.25, 0.3) is 10.8 Å². The van der Waals surface area contributed by atoms with E-state index in [9.17, 15) is 0 Å². The number of ether oxygens (including phenoxy) is 1. The molecular weight excluding hydrogens is 278 g/mol. The van der Waals surface area contributed by atoms with Gasteiger partial charge in [0, 0.05) is 11.9 Å². The first-order chi connectivity index (χ1) is 7.86. The van der Waals surface area contributed by atoms with E-state index in [0.717, 1.165) is 24.2 Å². The maximum atomic E-state index is 5.73. The molecule has 0 saturated heterocycles. The van der Waals surface area contributed by atoms with Crippen molar-refractivity contribution in [2.45, 2.75) is 19.9 Å². The van der Waals surface area contributed by atoms with Gasteiger partial charge in [-0.05, 0) is 23.4 Å². The number of hydrogen-bond donors (Lipinski definition) is 1. The van der Waals surface area contributed by atoms with Crippen LogP contribution in [0.3, 0.4) is 0 Å². The number of halogens is 1. The van der Waals surface area contributed by atoms with Crippen LogP contribution >= 0.6 is 17.0 Å². The van der Waals surface area contributed by atoms with Crippen molar-refractivity contribution >= 4 is 27.8 Å². The van der Waals surface area contributed by atoms with Crippen LogP contribution in [0.2, 0.25) is 0 Å². The highest BCUT2D eigenvalue weighted by Gasteiger charge is 2.04. The van der Waals surface area contributed by atoms with Crippen molar-refractivity contribution in [3.8, 4) is 5.75 Å². The highest BCUT2D eigenvalue weighted by molar-refractivity contribution is 8.93. The fraction of sp³-hybridized carbons (Fsp3) is 0.286. The molecule has 0 bridgehead atoms. The average Bonchev–Trinajstić information content (AvgIpc) is 2.36. The molecule has 2 N–H and O–H groups in total. The van der Waals surface area contributed by atoms with Crippen molar-refractivity contribution in [3.05, 3.63) is 42.0 Å². The van der Waals surface area contributed by atoms with E-state index in [-0.39, 0.29) is 17.0 Å². The third-order valence-corrected chi connectivity index (χ3v) is 2.66. The van der Waals surface area contributed by atoms with Gasteiger partial charge in [-0.25, -0.2) is 0 Å². The van der Waals surface area contributed by atoms with Crippen LogP contribution in [0.5, 0.6) is 5.75 Å². The van der Waals surface area contributed by atoms with Gasteiger partial charge in [-0.3, -0.25) is 0 Å². The van der Waals surface area contributed by atoms with Crippen molar-refractivity contribution in [2.24, 2.45) is 5.73 Å². The Kier molecular flexibility index (Phi) is 5.45. The zero-order valence-electron chi connectivity index (χ0n) is 9.98. The zero-order chi connectivity index (χ0) is 11.4. The van der Waals surface area contributed by atoms with Crippen LogP contribution in [0.15, 0.2) is 36.4 Å². The summed E-state index contributed by atoms with van der Waals surface area (Å²) >= 11 is 0. The largest absolute Gasteiger partial charge is 0.493 e. The third-order valence-electron chi connectivity index (χ3n) is 2.66. The summed E-state index contributed by atoms with van der Waals surface area (Å²) in [5.74, 6) is 0.953. The van der Waals surface area contributed by atoms with E-state index in [2.05, 4.69) is 19.1 Å². The Balaban J connectivity index is 0.00000144. The molecule has 0 spiro atoms. The Hall–Kier alpha value is -1.06. The normalized spacial score (nSPS) is 10.0. The van der Waals surface area contributed by atoms with Crippen molar-refractivity contribution in [2.75, 3.05) is 6.61 Å². The maximum absolute atomic E-state index is 5.73. The van der Waals surface area contributed by atoms with Crippen molar-refractivity contribution < 1.29 is 4.74 Å². The van der Waals surface area contributed by atoms with Gasteiger partial charge in [0.25, 0.3) is 0 Å². The monoisotopic (exact) mass is 295 g/mol. The Morgan fingerprint density at radius 1 is 1.06 bits per heavy atom. The van der Waals surface area contributed by atoms with E-state index >= 15 is 0 Å². The first kappa shape index (κ1) is 14.0. The van der Waals surface area contributed by atoms with E-state index in [1.165, 1.54) is 10.9 Å². The van der Waals surface area contributed by atoms with E-state index in [1.807, 2.05) is 24.3 Å². The summed E-state index contributed by atoms with van der Waals surface area (Å²) in [6.45, 7) is 3.43. The van der Waals surface area contributed by atoms with Crippen LogP contribution in [-0.4, -0.2) is 6.61 Å². The predicted molar refractivity (Wildman–Crippen MR) is 77.9 cm³/mol. The molecule has 92 valence electrons. The van der Waals surface area contributed by atoms with Crippen molar-refractivity contribution in [1.82, 2.24) is 0 Å². The molecule has 2 aromatic rings. The minimum atomic E-state index is 0. The molecule has 0 aliphatic rings. The average molecular weight is 296 g/mol. The van der Waals surface area contributed by atoms with Gasteiger partial charge in [0.15, 0.2) is 0 Å².